The Hall–Kier alpha value is -2.63. The van der Waals surface area contributed by atoms with E-state index in [0.29, 0.717) is 6.61 Å². The Bertz CT molecular complexity index is 895. The number of aryl methyl sites for hydroxylation is 1. The highest BCUT2D eigenvalue weighted by Gasteiger charge is 2.15. The molecular formula is C26H32N2O3. The van der Waals surface area contributed by atoms with Gasteiger partial charge in [0.2, 0.25) is 0 Å². The van der Waals surface area contributed by atoms with Crippen LogP contribution in [-0.2, 0) is 14.4 Å². The first kappa shape index (κ1) is 21.6. The van der Waals surface area contributed by atoms with Crippen molar-refractivity contribution < 1.29 is 14.4 Å². The summed E-state index contributed by atoms with van der Waals surface area (Å²) in [6.45, 7) is 5.11. The maximum absolute atomic E-state index is 12.0. The smallest absolute Gasteiger partial charge is 0.267 e. The molecule has 164 valence electrons. The van der Waals surface area contributed by atoms with Crippen LogP contribution in [0.4, 0.5) is 5.69 Å². The van der Waals surface area contributed by atoms with Gasteiger partial charge in [0.25, 0.3) is 5.91 Å². The third-order valence-corrected chi connectivity index (χ3v) is 6.01. The summed E-state index contributed by atoms with van der Waals surface area (Å²) in [4.78, 5) is 19.8. The van der Waals surface area contributed by atoms with Crippen molar-refractivity contribution in [2.75, 3.05) is 24.6 Å². The average molecular weight is 421 g/mol. The second-order valence-electron chi connectivity index (χ2n) is 8.38. The summed E-state index contributed by atoms with van der Waals surface area (Å²) in [7, 11) is 0. The lowest BCUT2D eigenvalue weighted by Crippen LogP contribution is -2.32. The van der Waals surface area contributed by atoms with Crippen molar-refractivity contribution in [1.82, 2.24) is 5.48 Å². The fourth-order valence-corrected chi connectivity index (χ4v) is 4.25. The number of ether oxygens (including phenoxy) is 1. The summed E-state index contributed by atoms with van der Waals surface area (Å²) >= 11 is 0. The quantitative estimate of drug-likeness (QED) is 0.513. The lowest BCUT2D eigenvalue weighted by molar-refractivity contribution is -0.198. The molecule has 2 aliphatic rings. The Balaban J connectivity index is 1.35. The molecule has 2 saturated heterocycles. The molecule has 4 rings (SSSR count). The molecule has 2 aliphatic heterocycles. The number of nitrogens with zero attached hydrogens (tertiary/aromatic N) is 1. The predicted molar refractivity (Wildman–Crippen MR) is 125 cm³/mol. The van der Waals surface area contributed by atoms with E-state index >= 15 is 0 Å². The molecule has 1 atom stereocenters. The van der Waals surface area contributed by atoms with Crippen molar-refractivity contribution in [3.05, 3.63) is 59.7 Å². The summed E-state index contributed by atoms with van der Waals surface area (Å²) in [6, 6.07) is 15.1. The van der Waals surface area contributed by atoms with Gasteiger partial charge in [-0.15, -0.1) is 0 Å². The predicted octanol–water partition coefficient (Wildman–Crippen LogP) is 5.24. The van der Waals surface area contributed by atoms with Crippen molar-refractivity contribution in [1.29, 1.82) is 0 Å². The first-order chi connectivity index (χ1) is 15.2. The summed E-state index contributed by atoms with van der Waals surface area (Å²) in [6.07, 6.45) is 9.79. The zero-order chi connectivity index (χ0) is 21.5. The maximum atomic E-state index is 12.0. The molecule has 2 aromatic carbocycles. The third kappa shape index (κ3) is 5.96. The van der Waals surface area contributed by atoms with E-state index < -0.39 is 0 Å². The molecule has 1 amide bonds. The number of carbonyl (C=O) groups is 1. The lowest BCUT2D eigenvalue weighted by atomic mass is 9.98. The van der Waals surface area contributed by atoms with E-state index in [2.05, 4.69) is 53.7 Å². The molecule has 2 heterocycles. The molecular weight excluding hydrogens is 388 g/mol. The van der Waals surface area contributed by atoms with Gasteiger partial charge in [-0.05, 0) is 79.5 Å². The Morgan fingerprint density at radius 1 is 1.06 bits per heavy atom. The number of carbonyl (C=O) groups excluding carboxylic acids is 1. The van der Waals surface area contributed by atoms with Gasteiger partial charge in [-0.25, -0.2) is 10.3 Å². The topological polar surface area (TPSA) is 50.8 Å². The highest BCUT2D eigenvalue weighted by atomic mass is 16.8. The SMILES string of the molecule is Cc1cc(/C=C/C(=O)NOC2CCCCO2)ccc1-c1ccc(N2CCCCC2)cc1. The van der Waals surface area contributed by atoms with Gasteiger partial charge in [0.05, 0.1) is 0 Å². The van der Waals surface area contributed by atoms with Crippen molar-refractivity contribution >= 4 is 17.7 Å². The van der Waals surface area contributed by atoms with Gasteiger partial charge in [0, 0.05) is 37.9 Å². The normalized spacial score (nSPS) is 19.5. The number of benzene rings is 2. The van der Waals surface area contributed by atoms with Crippen LogP contribution >= 0.6 is 0 Å². The molecule has 31 heavy (non-hydrogen) atoms. The number of hydroxylamine groups is 1. The molecule has 0 aliphatic carbocycles. The molecule has 5 heteroatoms. The molecule has 0 aromatic heterocycles. The Kier molecular flexibility index (Phi) is 7.39. The third-order valence-electron chi connectivity index (χ3n) is 6.01. The van der Waals surface area contributed by atoms with Gasteiger partial charge < -0.3 is 9.64 Å². The zero-order valence-electron chi connectivity index (χ0n) is 18.3. The molecule has 0 radical (unpaired) electrons. The van der Waals surface area contributed by atoms with E-state index in [1.54, 1.807) is 6.08 Å². The van der Waals surface area contributed by atoms with Crippen LogP contribution in [0.2, 0.25) is 0 Å². The minimum atomic E-state index is -0.339. The first-order valence-electron chi connectivity index (χ1n) is 11.4. The van der Waals surface area contributed by atoms with Crippen LogP contribution in [0, 0.1) is 6.92 Å². The first-order valence-corrected chi connectivity index (χ1v) is 11.4. The van der Waals surface area contributed by atoms with Gasteiger partial charge in [-0.1, -0.05) is 30.3 Å². The molecule has 0 spiro atoms. The van der Waals surface area contributed by atoms with Gasteiger partial charge in [0.15, 0.2) is 6.29 Å². The number of anilines is 1. The van der Waals surface area contributed by atoms with E-state index in [9.17, 15) is 4.79 Å². The van der Waals surface area contributed by atoms with Crippen molar-refractivity contribution in [2.45, 2.75) is 51.7 Å². The van der Waals surface area contributed by atoms with Crippen LogP contribution in [0.3, 0.4) is 0 Å². The molecule has 1 N–H and O–H groups in total. The second-order valence-corrected chi connectivity index (χ2v) is 8.38. The van der Waals surface area contributed by atoms with E-state index in [0.717, 1.165) is 37.9 Å². The highest BCUT2D eigenvalue weighted by Crippen LogP contribution is 2.28. The Morgan fingerprint density at radius 3 is 2.58 bits per heavy atom. The summed E-state index contributed by atoms with van der Waals surface area (Å²) in [5.41, 5.74) is 8.35. The number of hydrogen-bond acceptors (Lipinski definition) is 4. The van der Waals surface area contributed by atoms with Crippen LogP contribution in [0.25, 0.3) is 17.2 Å². The molecule has 2 aromatic rings. The standard InChI is InChI=1S/C26H32N2O3/c1-20-19-21(9-15-25(29)27-31-26-7-3-6-18-30-26)8-14-24(20)22-10-12-23(13-11-22)28-16-4-2-5-17-28/h8-15,19,26H,2-7,16-18H2,1H3,(H,27,29)/b15-9+. The van der Waals surface area contributed by atoms with Crippen LogP contribution in [0.15, 0.2) is 48.5 Å². The van der Waals surface area contributed by atoms with Gasteiger partial charge in [0.1, 0.15) is 0 Å². The average Bonchev–Trinajstić information content (AvgIpc) is 2.83. The molecule has 1 unspecified atom stereocenters. The van der Waals surface area contributed by atoms with Crippen molar-refractivity contribution in [3.8, 4) is 11.1 Å². The molecule has 0 bridgehead atoms. The van der Waals surface area contributed by atoms with E-state index in [4.69, 9.17) is 9.57 Å². The van der Waals surface area contributed by atoms with Gasteiger partial charge in [-0.3, -0.25) is 4.79 Å². The zero-order valence-corrected chi connectivity index (χ0v) is 18.3. The molecule has 0 saturated carbocycles. The van der Waals surface area contributed by atoms with E-state index in [1.807, 2.05) is 6.07 Å². The largest absolute Gasteiger partial charge is 0.372 e. The minimum absolute atomic E-state index is 0.288. The number of rotatable bonds is 6. The molecule has 2 fully saturated rings. The molecule has 5 nitrogen and oxygen atoms in total. The van der Waals surface area contributed by atoms with Gasteiger partial charge in [-0.2, -0.15) is 0 Å². The number of nitrogens with one attached hydrogen (secondary N) is 1. The summed E-state index contributed by atoms with van der Waals surface area (Å²) in [5.74, 6) is -0.288. The minimum Gasteiger partial charge on any atom is -0.372 e. The van der Waals surface area contributed by atoms with Crippen LogP contribution in [0.5, 0.6) is 0 Å². The summed E-state index contributed by atoms with van der Waals surface area (Å²) in [5, 5.41) is 0. The lowest BCUT2D eigenvalue weighted by Gasteiger charge is -2.29. The van der Waals surface area contributed by atoms with Crippen LogP contribution in [0.1, 0.15) is 49.7 Å². The number of amides is 1. The number of hydrogen-bond donors (Lipinski definition) is 1. The number of piperidine rings is 1. The summed E-state index contributed by atoms with van der Waals surface area (Å²) < 4.78 is 5.44. The fourth-order valence-electron chi connectivity index (χ4n) is 4.25. The van der Waals surface area contributed by atoms with Crippen molar-refractivity contribution in [2.24, 2.45) is 0 Å². The van der Waals surface area contributed by atoms with Gasteiger partial charge >= 0.3 is 0 Å². The monoisotopic (exact) mass is 420 g/mol. The fraction of sp³-hybridized carbons (Fsp3) is 0.423. The van der Waals surface area contributed by atoms with Crippen molar-refractivity contribution in [3.63, 3.8) is 0 Å². The second kappa shape index (κ2) is 10.6. The highest BCUT2D eigenvalue weighted by molar-refractivity contribution is 5.91. The Morgan fingerprint density at radius 2 is 1.87 bits per heavy atom. The Labute approximate surface area is 185 Å². The van der Waals surface area contributed by atoms with Crippen LogP contribution < -0.4 is 10.4 Å². The van der Waals surface area contributed by atoms with E-state index in [-0.39, 0.29) is 12.2 Å². The maximum Gasteiger partial charge on any atom is 0.267 e. The van der Waals surface area contributed by atoms with E-state index in [1.165, 1.54) is 47.7 Å². The van der Waals surface area contributed by atoms with Crippen LogP contribution in [-0.4, -0.2) is 31.9 Å².